The molecule has 34 heavy (non-hydrogen) atoms. The molecule has 1 aliphatic heterocycles. The van der Waals surface area contributed by atoms with Gasteiger partial charge in [-0.1, -0.05) is 55.7 Å². The zero-order chi connectivity index (χ0) is 23.9. The van der Waals surface area contributed by atoms with Crippen LogP contribution in [0.15, 0.2) is 42.5 Å². The van der Waals surface area contributed by atoms with Crippen molar-refractivity contribution < 1.29 is 19.1 Å². The van der Waals surface area contributed by atoms with Gasteiger partial charge in [0, 0.05) is 19.0 Å². The third-order valence-corrected chi connectivity index (χ3v) is 6.76. The number of carbonyl (C=O) groups excluding carboxylic acids is 2. The molecule has 1 heterocycles. The Bertz CT molecular complexity index is 1000. The molecule has 0 aromatic heterocycles. The van der Waals surface area contributed by atoms with Gasteiger partial charge in [-0.25, -0.2) is 0 Å². The number of carbonyl (C=O) groups is 2. The standard InChI is InChI=1S/C28H36N2O4/c1-3-24(28(32)29-23-9-4-5-10-23)30(19-22-8-6-7-20(2)17-22)27(31)14-12-21-11-13-25-26(18-21)34-16-15-33-25/h6-8,11,13,17-18,23-24H,3-5,9-10,12,14-16,19H2,1-2H3,(H,29,32). The first-order valence-corrected chi connectivity index (χ1v) is 12.6. The summed E-state index contributed by atoms with van der Waals surface area (Å²) >= 11 is 0. The summed E-state index contributed by atoms with van der Waals surface area (Å²) in [5.41, 5.74) is 3.21. The molecular formula is C28H36N2O4. The van der Waals surface area contributed by atoms with Crippen molar-refractivity contribution in [2.24, 2.45) is 0 Å². The molecule has 2 aromatic carbocycles. The zero-order valence-electron chi connectivity index (χ0n) is 20.3. The Kier molecular flexibility index (Phi) is 8.09. The highest BCUT2D eigenvalue weighted by molar-refractivity contribution is 5.88. The van der Waals surface area contributed by atoms with Crippen molar-refractivity contribution in [2.45, 2.75) is 77.4 Å². The highest BCUT2D eigenvalue weighted by Gasteiger charge is 2.30. The minimum Gasteiger partial charge on any atom is -0.486 e. The molecule has 6 nitrogen and oxygen atoms in total. The molecule has 0 bridgehead atoms. The summed E-state index contributed by atoms with van der Waals surface area (Å²) in [6.07, 6.45) is 5.86. The van der Waals surface area contributed by atoms with Crippen LogP contribution < -0.4 is 14.8 Å². The third-order valence-electron chi connectivity index (χ3n) is 6.76. The summed E-state index contributed by atoms with van der Waals surface area (Å²) in [6, 6.07) is 13.8. The van der Waals surface area contributed by atoms with Gasteiger partial charge in [0.05, 0.1) is 0 Å². The van der Waals surface area contributed by atoms with Crippen LogP contribution in [0, 0.1) is 6.92 Å². The normalized spacial score (nSPS) is 16.2. The number of benzene rings is 2. The fraction of sp³-hybridized carbons (Fsp3) is 0.500. The second-order valence-corrected chi connectivity index (χ2v) is 9.40. The van der Waals surface area contributed by atoms with Crippen LogP contribution in [0.1, 0.15) is 62.1 Å². The zero-order valence-corrected chi connectivity index (χ0v) is 20.3. The monoisotopic (exact) mass is 464 g/mol. The molecular weight excluding hydrogens is 428 g/mol. The predicted molar refractivity (Wildman–Crippen MR) is 132 cm³/mol. The Balaban J connectivity index is 1.48. The van der Waals surface area contributed by atoms with Gasteiger partial charge in [-0.3, -0.25) is 9.59 Å². The first-order valence-electron chi connectivity index (χ1n) is 12.6. The SMILES string of the molecule is CCC(C(=O)NC1CCCC1)N(Cc1cccc(C)c1)C(=O)CCc1ccc2c(c1)OCCO2. The number of rotatable bonds is 9. The molecule has 182 valence electrons. The maximum Gasteiger partial charge on any atom is 0.243 e. The highest BCUT2D eigenvalue weighted by atomic mass is 16.6. The van der Waals surface area contributed by atoms with Crippen LogP contribution in [0.5, 0.6) is 11.5 Å². The second kappa shape index (κ2) is 11.4. The molecule has 4 rings (SSSR count). The van der Waals surface area contributed by atoms with Gasteiger partial charge in [0.2, 0.25) is 11.8 Å². The van der Waals surface area contributed by atoms with Crippen LogP contribution >= 0.6 is 0 Å². The quantitative estimate of drug-likeness (QED) is 0.591. The van der Waals surface area contributed by atoms with Gasteiger partial charge in [-0.15, -0.1) is 0 Å². The van der Waals surface area contributed by atoms with E-state index in [2.05, 4.69) is 11.4 Å². The minimum atomic E-state index is -0.478. The molecule has 2 aliphatic rings. The van der Waals surface area contributed by atoms with Gasteiger partial charge in [-0.2, -0.15) is 0 Å². The number of amides is 2. The molecule has 1 saturated carbocycles. The van der Waals surface area contributed by atoms with E-state index in [1.807, 2.05) is 50.2 Å². The van der Waals surface area contributed by atoms with E-state index in [9.17, 15) is 9.59 Å². The number of aryl methyl sites for hydroxylation is 2. The average molecular weight is 465 g/mol. The average Bonchev–Trinajstić information content (AvgIpc) is 3.35. The molecule has 1 aliphatic carbocycles. The predicted octanol–water partition coefficient (Wildman–Crippen LogP) is 4.57. The van der Waals surface area contributed by atoms with E-state index in [1.54, 1.807) is 4.90 Å². The van der Waals surface area contributed by atoms with Crippen LogP contribution in [-0.4, -0.2) is 42.0 Å². The second-order valence-electron chi connectivity index (χ2n) is 9.40. The number of ether oxygens (including phenoxy) is 2. The Morgan fingerprint density at radius 3 is 2.53 bits per heavy atom. The van der Waals surface area contributed by atoms with Crippen molar-refractivity contribution >= 4 is 11.8 Å². The molecule has 2 aromatic rings. The van der Waals surface area contributed by atoms with Crippen molar-refractivity contribution in [2.75, 3.05) is 13.2 Å². The van der Waals surface area contributed by atoms with Gasteiger partial charge in [-0.05, 0) is 55.9 Å². The Morgan fingerprint density at radius 2 is 1.79 bits per heavy atom. The largest absolute Gasteiger partial charge is 0.486 e. The van der Waals surface area contributed by atoms with Crippen molar-refractivity contribution in [1.29, 1.82) is 0 Å². The van der Waals surface area contributed by atoms with Gasteiger partial charge in [0.1, 0.15) is 19.3 Å². The van der Waals surface area contributed by atoms with E-state index in [4.69, 9.17) is 9.47 Å². The van der Waals surface area contributed by atoms with Crippen LogP contribution in [0.4, 0.5) is 0 Å². The first-order chi connectivity index (χ1) is 16.5. The third kappa shape index (κ3) is 6.10. The maximum atomic E-state index is 13.5. The van der Waals surface area contributed by atoms with E-state index in [0.29, 0.717) is 39.0 Å². The lowest BCUT2D eigenvalue weighted by Crippen LogP contribution is -2.51. The highest BCUT2D eigenvalue weighted by Crippen LogP contribution is 2.31. The van der Waals surface area contributed by atoms with Crippen LogP contribution in [0.2, 0.25) is 0 Å². The summed E-state index contributed by atoms with van der Waals surface area (Å²) in [6.45, 7) is 5.55. The van der Waals surface area contributed by atoms with Crippen LogP contribution in [0.25, 0.3) is 0 Å². The number of nitrogens with one attached hydrogen (secondary N) is 1. The molecule has 1 N–H and O–H groups in total. The van der Waals surface area contributed by atoms with E-state index in [-0.39, 0.29) is 17.9 Å². The molecule has 6 heteroatoms. The van der Waals surface area contributed by atoms with Gasteiger partial charge >= 0.3 is 0 Å². The lowest BCUT2D eigenvalue weighted by molar-refractivity contribution is -0.141. The summed E-state index contributed by atoms with van der Waals surface area (Å²) in [5.74, 6) is 1.44. The number of fused-ring (bicyclic) bond motifs is 1. The van der Waals surface area contributed by atoms with Crippen LogP contribution in [-0.2, 0) is 22.6 Å². The topological polar surface area (TPSA) is 67.9 Å². The molecule has 2 amide bonds. The fourth-order valence-corrected chi connectivity index (χ4v) is 4.93. The molecule has 1 unspecified atom stereocenters. The van der Waals surface area contributed by atoms with Gasteiger partial charge in [0.15, 0.2) is 11.5 Å². The Morgan fingerprint density at radius 1 is 1.03 bits per heavy atom. The van der Waals surface area contributed by atoms with Gasteiger partial charge in [0.25, 0.3) is 0 Å². The van der Waals surface area contributed by atoms with E-state index in [0.717, 1.165) is 53.9 Å². The molecule has 1 atom stereocenters. The van der Waals surface area contributed by atoms with E-state index >= 15 is 0 Å². The van der Waals surface area contributed by atoms with Crippen molar-refractivity contribution in [3.05, 3.63) is 59.2 Å². The molecule has 0 radical (unpaired) electrons. The van der Waals surface area contributed by atoms with Crippen molar-refractivity contribution in [3.8, 4) is 11.5 Å². The summed E-state index contributed by atoms with van der Waals surface area (Å²) in [4.78, 5) is 28.5. The summed E-state index contributed by atoms with van der Waals surface area (Å²) in [5, 5.41) is 3.21. The van der Waals surface area contributed by atoms with Gasteiger partial charge < -0.3 is 19.7 Å². The Hall–Kier alpha value is -3.02. The maximum absolute atomic E-state index is 13.5. The lowest BCUT2D eigenvalue weighted by Gasteiger charge is -2.31. The number of hydrogen-bond acceptors (Lipinski definition) is 4. The van der Waals surface area contributed by atoms with Crippen LogP contribution in [0.3, 0.4) is 0 Å². The fourth-order valence-electron chi connectivity index (χ4n) is 4.93. The minimum absolute atomic E-state index is 0.00943. The van der Waals surface area contributed by atoms with E-state index in [1.165, 1.54) is 0 Å². The van der Waals surface area contributed by atoms with Crippen molar-refractivity contribution in [3.63, 3.8) is 0 Å². The first kappa shape index (κ1) is 24.1. The summed E-state index contributed by atoms with van der Waals surface area (Å²) < 4.78 is 11.3. The van der Waals surface area contributed by atoms with Crippen molar-refractivity contribution in [1.82, 2.24) is 10.2 Å². The number of nitrogens with zero attached hydrogens (tertiary/aromatic N) is 1. The Labute approximate surface area is 202 Å². The lowest BCUT2D eigenvalue weighted by atomic mass is 10.0. The molecule has 0 saturated heterocycles. The number of hydrogen-bond donors (Lipinski definition) is 1. The summed E-state index contributed by atoms with van der Waals surface area (Å²) in [7, 11) is 0. The molecule has 1 fully saturated rings. The smallest absolute Gasteiger partial charge is 0.243 e. The van der Waals surface area contributed by atoms with E-state index < -0.39 is 6.04 Å². The molecule has 0 spiro atoms.